The van der Waals surface area contributed by atoms with Gasteiger partial charge in [0.2, 0.25) is 0 Å². The fraction of sp³-hybridized carbons (Fsp3) is 0.200. The van der Waals surface area contributed by atoms with E-state index in [1.54, 1.807) is 35.1 Å². The van der Waals surface area contributed by atoms with Crippen LogP contribution >= 0.6 is 23.2 Å². The molecule has 1 aromatic heterocycles. The second-order valence-corrected chi connectivity index (χ2v) is 6.70. The average molecular weight is 404 g/mol. The summed E-state index contributed by atoms with van der Waals surface area (Å²) in [7, 11) is 0. The van der Waals surface area contributed by atoms with E-state index in [0.29, 0.717) is 33.7 Å². The monoisotopic (exact) mass is 403 g/mol. The van der Waals surface area contributed by atoms with Gasteiger partial charge in [-0.3, -0.25) is 9.48 Å². The van der Waals surface area contributed by atoms with Crippen molar-refractivity contribution in [2.24, 2.45) is 0 Å². The SMILES string of the molecule is CCn1cc(Cl)c(CNC(=O)c2cccc(COc3ccccc3Cl)c2)n1. The van der Waals surface area contributed by atoms with E-state index in [0.717, 1.165) is 12.1 Å². The molecule has 0 atom stereocenters. The van der Waals surface area contributed by atoms with Gasteiger partial charge in [-0.05, 0) is 36.8 Å². The van der Waals surface area contributed by atoms with E-state index in [9.17, 15) is 4.79 Å². The predicted octanol–water partition coefficient (Wildman–Crippen LogP) is 4.72. The summed E-state index contributed by atoms with van der Waals surface area (Å²) < 4.78 is 7.46. The number of carbonyl (C=O) groups excluding carboxylic acids is 1. The molecule has 0 saturated carbocycles. The molecule has 0 spiro atoms. The van der Waals surface area contributed by atoms with Gasteiger partial charge in [-0.15, -0.1) is 0 Å². The molecule has 1 N–H and O–H groups in total. The number of para-hydroxylation sites is 1. The molecule has 0 fully saturated rings. The molecule has 1 heterocycles. The second kappa shape index (κ2) is 8.93. The molecule has 3 aromatic rings. The van der Waals surface area contributed by atoms with Gasteiger partial charge in [0.1, 0.15) is 18.1 Å². The van der Waals surface area contributed by atoms with E-state index in [1.807, 2.05) is 31.2 Å². The van der Waals surface area contributed by atoms with Crippen LogP contribution in [0.4, 0.5) is 0 Å². The van der Waals surface area contributed by atoms with Crippen molar-refractivity contribution in [2.45, 2.75) is 26.6 Å². The van der Waals surface area contributed by atoms with E-state index >= 15 is 0 Å². The molecule has 7 heteroatoms. The lowest BCUT2D eigenvalue weighted by Gasteiger charge is -2.09. The first-order valence-corrected chi connectivity index (χ1v) is 9.28. The molecule has 0 bridgehead atoms. The quantitative estimate of drug-likeness (QED) is 0.620. The Morgan fingerprint density at radius 3 is 2.70 bits per heavy atom. The van der Waals surface area contributed by atoms with E-state index in [4.69, 9.17) is 27.9 Å². The Bertz CT molecular complexity index is 940. The molecule has 0 aliphatic heterocycles. The zero-order valence-corrected chi connectivity index (χ0v) is 16.3. The highest BCUT2D eigenvalue weighted by Crippen LogP contribution is 2.24. The van der Waals surface area contributed by atoms with Crippen molar-refractivity contribution < 1.29 is 9.53 Å². The molecular weight excluding hydrogens is 385 g/mol. The first kappa shape index (κ1) is 19.3. The lowest BCUT2D eigenvalue weighted by Crippen LogP contribution is -2.23. The number of aromatic nitrogens is 2. The second-order valence-electron chi connectivity index (χ2n) is 5.88. The first-order valence-electron chi connectivity index (χ1n) is 8.53. The molecular formula is C20H19Cl2N3O2. The minimum Gasteiger partial charge on any atom is -0.487 e. The number of nitrogens with zero attached hydrogens (tertiary/aromatic N) is 2. The van der Waals surface area contributed by atoms with Crippen LogP contribution in [0.15, 0.2) is 54.7 Å². The fourth-order valence-electron chi connectivity index (χ4n) is 2.51. The summed E-state index contributed by atoms with van der Waals surface area (Å²) in [5.74, 6) is 0.409. The van der Waals surface area contributed by atoms with Crippen LogP contribution in [-0.4, -0.2) is 15.7 Å². The molecule has 0 aliphatic rings. The van der Waals surface area contributed by atoms with Gasteiger partial charge in [0.05, 0.1) is 16.6 Å². The summed E-state index contributed by atoms with van der Waals surface area (Å²) in [6, 6.07) is 14.5. The number of hydrogen-bond donors (Lipinski definition) is 1. The zero-order valence-electron chi connectivity index (χ0n) is 14.8. The lowest BCUT2D eigenvalue weighted by atomic mass is 10.1. The van der Waals surface area contributed by atoms with Crippen LogP contribution in [0.2, 0.25) is 10.0 Å². The summed E-state index contributed by atoms with van der Waals surface area (Å²) in [4.78, 5) is 12.4. The number of ether oxygens (including phenoxy) is 1. The van der Waals surface area contributed by atoms with E-state index in [2.05, 4.69) is 10.4 Å². The van der Waals surface area contributed by atoms with Crippen LogP contribution in [-0.2, 0) is 19.7 Å². The Balaban J connectivity index is 1.61. The van der Waals surface area contributed by atoms with Gasteiger partial charge in [0, 0.05) is 18.3 Å². The third kappa shape index (κ3) is 5.02. The number of rotatable bonds is 7. The van der Waals surface area contributed by atoms with Crippen LogP contribution in [0.25, 0.3) is 0 Å². The van der Waals surface area contributed by atoms with Crippen LogP contribution in [0.1, 0.15) is 28.5 Å². The van der Waals surface area contributed by atoms with Gasteiger partial charge in [-0.1, -0.05) is 47.5 Å². The number of aryl methyl sites for hydroxylation is 1. The number of amides is 1. The predicted molar refractivity (Wildman–Crippen MR) is 106 cm³/mol. The third-order valence-electron chi connectivity index (χ3n) is 3.95. The summed E-state index contributed by atoms with van der Waals surface area (Å²) in [6.45, 7) is 3.28. The van der Waals surface area contributed by atoms with Gasteiger partial charge in [-0.2, -0.15) is 5.10 Å². The maximum Gasteiger partial charge on any atom is 0.251 e. The Morgan fingerprint density at radius 2 is 1.96 bits per heavy atom. The van der Waals surface area contributed by atoms with Crippen molar-refractivity contribution >= 4 is 29.1 Å². The Labute approximate surface area is 167 Å². The topological polar surface area (TPSA) is 56.2 Å². The molecule has 140 valence electrons. The van der Waals surface area contributed by atoms with Gasteiger partial charge < -0.3 is 10.1 Å². The van der Waals surface area contributed by atoms with Crippen molar-refractivity contribution in [1.82, 2.24) is 15.1 Å². The fourth-order valence-corrected chi connectivity index (χ4v) is 2.92. The maximum atomic E-state index is 12.4. The molecule has 1 amide bonds. The minimum absolute atomic E-state index is 0.197. The number of benzene rings is 2. The highest BCUT2D eigenvalue weighted by atomic mass is 35.5. The Morgan fingerprint density at radius 1 is 1.15 bits per heavy atom. The van der Waals surface area contributed by atoms with Gasteiger partial charge in [0.25, 0.3) is 5.91 Å². The molecule has 3 rings (SSSR count). The standard InChI is InChI=1S/C20H19Cl2N3O2/c1-2-25-12-17(22)18(24-25)11-23-20(26)15-7-5-6-14(10-15)13-27-19-9-4-3-8-16(19)21/h3-10,12H,2,11,13H2,1H3,(H,23,26). The van der Waals surface area contributed by atoms with Crippen molar-refractivity contribution in [2.75, 3.05) is 0 Å². The lowest BCUT2D eigenvalue weighted by molar-refractivity contribution is 0.0950. The first-order chi connectivity index (χ1) is 13.1. The van der Waals surface area contributed by atoms with Gasteiger partial charge in [-0.25, -0.2) is 0 Å². The van der Waals surface area contributed by atoms with Crippen LogP contribution in [0, 0.1) is 0 Å². The van der Waals surface area contributed by atoms with E-state index in [1.165, 1.54) is 0 Å². The van der Waals surface area contributed by atoms with Crippen LogP contribution < -0.4 is 10.1 Å². The number of nitrogens with one attached hydrogen (secondary N) is 1. The summed E-state index contributed by atoms with van der Waals surface area (Å²) in [5, 5.41) is 8.25. The van der Waals surface area contributed by atoms with E-state index in [-0.39, 0.29) is 12.5 Å². The number of hydrogen-bond acceptors (Lipinski definition) is 3. The minimum atomic E-state index is -0.197. The van der Waals surface area contributed by atoms with Crippen LogP contribution in [0.5, 0.6) is 5.75 Å². The summed E-state index contributed by atoms with van der Waals surface area (Å²) in [6.07, 6.45) is 1.75. The molecule has 0 unspecified atom stereocenters. The third-order valence-corrected chi connectivity index (χ3v) is 4.58. The molecule has 5 nitrogen and oxygen atoms in total. The van der Waals surface area contributed by atoms with Crippen molar-refractivity contribution in [3.8, 4) is 5.75 Å². The van der Waals surface area contributed by atoms with E-state index < -0.39 is 0 Å². The molecule has 2 aromatic carbocycles. The largest absolute Gasteiger partial charge is 0.487 e. The smallest absolute Gasteiger partial charge is 0.251 e. The van der Waals surface area contributed by atoms with Gasteiger partial charge in [0.15, 0.2) is 0 Å². The molecule has 27 heavy (non-hydrogen) atoms. The normalized spacial score (nSPS) is 10.6. The Hall–Kier alpha value is -2.50. The molecule has 0 radical (unpaired) electrons. The number of halogens is 2. The Kier molecular flexibility index (Phi) is 6.37. The average Bonchev–Trinajstić information content (AvgIpc) is 3.05. The number of carbonyl (C=O) groups is 1. The highest BCUT2D eigenvalue weighted by Gasteiger charge is 2.11. The summed E-state index contributed by atoms with van der Waals surface area (Å²) in [5.41, 5.74) is 2.06. The van der Waals surface area contributed by atoms with Crippen molar-refractivity contribution in [3.63, 3.8) is 0 Å². The van der Waals surface area contributed by atoms with Gasteiger partial charge >= 0.3 is 0 Å². The highest BCUT2D eigenvalue weighted by molar-refractivity contribution is 6.32. The molecule has 0 saturated heterocycles. The van der Waals surface area contributed by atoms with Crippen molar-refractivity contribution in [3.05, 3.63) is 81.6 Å². The zero-order chi connectivity index (χ0) is 19.2. The van der Waals surface area contributed by atoms with Crippen LogP contribution in [0.3, 0.4) is 0 Å². The summed E-state index contributed by atoms with van der Waals surface area (Å²) >= 11 is 12.2. The maximum absolute atomic E-state index is 12.4. The molecule has 0 aliphatic carbocycles. The van der Waals surface area contributed by atoms with Crippen molar-refractivity contribution in [1.29, 1.82) is 0 Å².